The van der Waals surface area contributed by atoms with Crippen LogP contribution in [0.5, 0.6) is 0 Å². The zero-order valence-corrected chi connectivity index (χ0v) is 15.2. The summed E-state index contributed by atoms with van der Waals surface area (Å²) in [7, 11) is 1.89. The molecular weight excluding hydrogens is 292 g/mol. The first kappa shape index (κ1) is 17.3. The third-order valence-corrected chi connectivity index (χ3v) is 5.38. The maximum Gasteiger partial charge on any atom is 0.193 e. The number of nitrogens with zero attached hydrogens (tertiary/aromatic N) is 3. The average Bonchev–Trinajstić information content (AvgIpc) is 3.21. The standard InChI is InChI=1S/C17H30N4S/c1-5-20(6-2)16-7-9-21(12-16)17(18-4)19-11-14(3)15-8-10-22-13-15/h8,10,13-14,16H,5-7,9,11-12H2,1-4H3,(H,18,19). The molecule has 1 N–H and O–H groups in total. The molecule has 4 nitrogen and oxygen atoms in total. The zero-order chi connectivity index (χ0) is 15.9. The molecular formula is C17H30N4S. The van der Waals surface area contributed by atoms with Gasteiger partial charge < -0.3 is 10.2 Å². The number of likely N-dealkylation sites (N-methyl/N-ethyl adjacent to an activating group) is 1. The second kappa shape index (κ2) is 8.53. The highest BCUT2D eigenvalue weighted by atomic mass is 32.1. The lowest BCUT2D eigenvalue weighted by Crippen LogP contribution is -2.44. The van der Waals surface area contributed by atoms with Crippen LogP contribution in [0.4, 0.5) is 0 Å². The lowest BCUT2D eigenvalue weighted by Gasteiger charge is -2.27. The molecule has 0 spiro atoms. The van der Waals surface area contributed by atoms with Gasteiger partial charge in [0.2, 0.25) is 0 Å². The van der Waals surface area contributed by atoms with E-state index >= 15 is 0 Å². The minimum Gasteiger partial charge on any atom is -0.356 e. The molecule has 0 radical (unpaired) electrons. The molecule has 5 heteroatoms. The van der Waals surface area contributed by atoms with Gasteiger partial charge in [0.15, 0.2) is 5.96 Å². The van der Waals surface area contributed by atoms with Crippen molar-refractivity contribution >= 4 is 17.3 Å². The average molecular weight is 323 g/mol. The highest BCUT2D eigenvalue weighted by Gasteiger charge is 2.28. The van der Waals surface area contributed by atoms with Crippen LogP contribution < -0.4 is 5.32 Å². The van der Waals surface area contributed by atoms with Gasteiger partial charge in [0.25, 0.3) is 0 Å². The maximum atomic E-state index is 4.48. The van der Waals surface area contributed by atoms with E-state index in [1.54, 1.807) is 11.3 Å². The van der Waals surface area contributed by atoms with Crippen LogP contribution in [0, 0.1) is 0 Å². The summed E-state index contributed by atoms with van der Waals surface area (Å²) in [5, 5.41) is 7.94. The van der Waals surface area contributed by atoms with Crippen LogP contribution in [0.2, 0.25) is 0 Å². The molecule has 2 unspecified atom stereocenters. The SMILES string of the molecule is CCN(CC)C1CCN(C(=NC)NCC(C)c2ccsc2)C1. The predicted octanol–water partition coefficient (Wildman–Crippen LogP) is 2.84. The third kappa shape index (κ3) is 4.23. The fraction of sp³-hybridized carbons (Fsp3) is 0.706. The predicted molar refractivity (Wildman–Crippen MR) is 97.0 cm³/mol. The van der Waals surface area contributed by atoms with Crippen molar-refractivity contribution in [2.24, 2.45) is 4.99 Å². The van der Waals surface area contributed by atoms with Gasteiger partial charge in [-0.1, -0.05) is 20.8 Å². The van der Waals surface area contributed by atoms with Gasteiger partial charge in [0, 0.05) is 32.7 Å². The summed E-state index contributed by atoms with van der Waals surface area (Å²) in [4.78, 5) is 9.45. The van der Waals surface area contributed by atoms with E-state index in [-0.39, 0.29) is 0 Å². The number of nitrogens with one attached hydrogen (secondary N) is 1. The molecule has 0 amide bonds. The number of guanidine groups is 1. The monoisotopic (exact) mass is 322 g/mol. The molecule has 2 rings (SSSR count). The van der Waals surface area contributed by atoms with Gasteiger partial charge in [-0.2, -0.15) is 11.3 Å². The number of hydrogen-bond acceptors (Lipinski definition) is 3. The summed E-state index contributed by atoms with van der Waals surface area (Å²) in [6.07, 6.45) is 1.24. The molecule has 1 aliphatic rings. The van der Waals surface area contributed by atoms with Gasteiger partial charge in [-0.15, -0.1) is 0 Å². The summed E-state index contributed by atoms with van der Waals surface area (Å²) in [5.74, 6) is 1.57. The number of hydrogen-bond donors (Lipinski definition) is 1. The molecule has 0 aliphatic carbocycles. The second-order valence-corrected chi connectivity index (χ2v) is 6.78. The Morgan fingerprint density at radius 3 is 2.86 bits per heavy atom. The van der Waals surface area contributed by atoms with Crippen LogP contribution in [0.25, 0.3) is 0 Å². The van der Waals surface area contributed by atoms with Crippen molar-refractivity contribution in [3.8, 4) is 0 Å². The molecule has 0 saturated carbocycles. The largest absolute Gasteiger partial charge is 0.356 e. The summed E-state index contributed by atoms with van der Waals surface area (Å²) in [6, 6.07) is 2.88. The van der Waals surface area contributed by atoms with Crippen molar-refractivity contribution in [1.29, 1.82) is 0 Å². The summed E-state index contributed by atoms with van der Waals surface area (Å²) >= 11 is 1.77. The summed E-state index contributed by atoms with van der Waals surface area (Å²) < 4.78 is 0. The van der Waals surface area contributed by atoms with Gasteiger partial charge in [-0.05, 0) is 47.8 Å². The molecule has 2 atom stereocenters. The van der Waals surface area contributed by atoms with Crippen LogP contribution >= 0.6 is 11.3 Å². The maximum absolute atomic E-state index is 4.48. The molecule has 2 heterocycles. The van der Waals surface area contributed by atoms with Crippen LogP contribution in [0.1, 0.15) is 38.7 Å². The van der Waals surface area contributed by atoms with E-state index in [1.807, 2.05) is 7.05 Å². The van der Waals surface area contributed by atoms with Crippen LogP contribution in [-0.2, 0) is 0 Å². The minimum atomic E-state index is 0.518. The third-order valence-electron chi connectivity index (χ3n) is 4.68. The molecule has 1 aromatic rings. The fourth-order valence-corrected chi connectivity index (χ4v) is 4.00. The van der Waals surface area contributed by atoms with Crippen molar-refractivity contribution in [3.63, 3.8) is 0 Å². The van der Waals surface area contributed by atoms with Crippen LogP contribution in [-0.4, -0.2) is 61.6 Å². The molecule has 124 valence electrons. The zero-order valence-electron chi connectivity index (χ0n) is 14.4. The van der Waals surface area contributed by atoms with E-state index in [4.69, 9.17) is 0 Å². The van der Waals surface area contributed by atoms with E-state index in [9.17, 15) is 0 Å². The first-order chi connectivity index (χ1) is 10.7. The van der Waals surface area contributed by atoms with Gasteiger partial charge in [-0.25, -0.2) is 0 Å². The molecule has 1 fully saturated rings. The van der Waals surface area contributed by atoms with Gasteiger partial charge in [0.05, 0.1) is 0 Å². The highest BCUT2D eigenvalue weighted by Crippen LogP contribution is 2.18. The van der Waals surface area contributed by atoms with Crippen LogP contribution in [0.15, 0.2) is 21.8 Å². The second-order valence-electron chi connectivity index (χ2n) is 6.00. The molecule has 22 heavy (non-hydrogen) atoms. The Kier molecular flexibility index (Phi) is 6.70. The normalized spacial score (nSPS) is 20.7. The fourth-order valence-electron chi connectivity index (χ4n) is 3.22. The highest BCUT2D eigenvalue weighted by molar-refractivity contribution is 7.07. The Bertz CT molecular complexity index is 453. The Morgan fingerprint density at radius 1 is 1.50 bits per heavy atom. The van der Waals surface area contributed by atoms with E-state index in [0.717, 1.165) is 38.7 Å². The van der Waals surface area contributed by atoms with Crippen molar-refractivity contribution in [1.82, 2.24) is 15.1 Å². The van der Waals surface area contributed by atoms with E-state index in [2.05, 4.69) is 57.7 Å². The van der Waals surface area contributed by atoms with Gasteiger partial charge in [0.1, 0.15) is 0 Å². The number of rotatable bonds is 6. The molecule has 0 bridgehead atoms. The topological polar surface area (TPSA) is 30.9 Å². The minimum absolute atomic E-state index is 0.518. The summed E-state index contributed by atoms with van der Waals surface area (Å²) in [6.45, 7) is 12.2. The smallest absolute Gasteiger partial charge is 0.193 e. The Hall–Kier alpha value is -1.07. The summed E-state index contributed by atoms with van der Waals surface area (Å²) in [5.41, 5.74) is 1.41. The van der Waals surface area contributed by atoms with Crippen molar-refractivity contribution in [3.05, 3.63) is 22.4 Å². The molecule has 1 saturated heterocycles. The lowest BCUT2D eigenvalue weighted by atomic mass is 10.1. The first-order valence-electron chi connectivity index (χ1n) is 8.41. The van der Waals surface area contributed by atoms with Crippen LogP contribution in [0.3, 0.4) is 0 Å². The van der Waals surface area contributed by atoms with E-state index in [1.165, 1.54) is 12.0 Å². The van der Waals surface area contributed by atoms with E-state index < -0.39 is 0 Å². The molecule has 1 aliphatic heterocycles. The molecule has 1 aromatic heterocycles. The van der Waals surface area contributed by atoms with Crippen molar-refractivity contribution < 1.29 is 0 Å². The van der Waals surface area contributed by atoms with Gasteiger partial charge in [-0.3, -0.25) is 9.89 Å². The van der Waals surface area contributed by atoms with Crippen molar-refractivity contribution in [2.45, 2.75) is 39.2 Å². The number of likely N-dealkylation sites (tertiary alicyclic amines) is 1. The Morgan fingerprint density at radius 2 is 2.27 bits per heavy atom. The lowest BCUT2D eigenvalue weighted by molar-refractivity contribution is 0.223. The quantitative estimate of drug-likeness (QED) is 0.645. The molecule has 0 aromatic carbocycles. The number of thiophene rings is 1. The Balaban J connectivity index is 1.85. The van der Waals surface area contributed by atoms with Gasteiger partial charge >= 0.3 is 0 Å². The van der Waals surface area contributed by atoms with Crippen molar-refractivity contribution in [2.75, 3.05) is 39.8 Å². The Labute approximate surface area is 139 Å². The van der Waals surface area contributed by atoms with E-state index in [0.29, 0.717) is 12.0 Å². The number of aliphatic imine (C=N–C) groups is 1. The first-order valence-corrected chi connectivity index (χ1v) is 9.35.